The number of nitrogens with one attached hydrogen (secondary N) is 1. The van der Waals surface area contributed by atoms with Crippen LogP contribution in [0.4, 0.5) is 0 Å². The molecule has 1 N–H and O–H groups in total. The van der Waals surface area contributed by atoms with Crippen LogP contribution in [0.2, 0.25) is 0 Å². The number of rotatable bonds is 4. The quantitative estimate of drug-likeness (QED) is 0.769. The lowest BCUT2D eigenvalue weighted by Crippen LogP contribution is -2.53. The summed E-state index contributed by atoms with van der Waals surface area (Å²) >= 11 is 0. The Balaban J connectivity index is 1.84. The summed E-state index contributed by atoms with van der Waals surface area (Å²) < 4.78 is 5.59. The van der Waals surface area contributed by atoms with E-state index < -0.39 is 0 Å². The van der Waals surface area contributed by atoms with E-state index in [2.05, 4.69) is 12.2 Å². The predicted molar refractivity (Wildman–Crippen MR) is 62.2 cm³/mol. The van der Waals surface area contributed by atoms with Crippen LogP contribution in [0.3, 0.4) is 0 Å². The summed E-state index contributed by atoms with van der Waals surface area (Å²) in [5.74, 6) is 0.230. The standard InChI is InChI=1S/C12H22N2O2/c1-3-11-8-16-9(2)7-14(11)12(15)6-13-10-4-5-10/h9-11,13H,3-8H2,1-2H3. The zero-order chi connectivity index (χ0) is 11.5. The number of nitrogens with zero attached hydrogens (tertiary/aromatic N) is 1. The van der Waals surface area contributed by atoms with Gasteiger partial charge < -0.3 is 15.0 Å². The third-order valence-corrected chi connectivity index (χ3v) is 3.38. The van der Waals surface area contributed by atoms with E-state index in [9.17, 15) is 4.79 Å². The maximum absolute atomic E-state index is 12.1. The molecule has 0 aromatic rings. The van der Waals surface area contributed by atoms with Crippen molar-refractivity contribution in [2.45, 2.75) is 51.3 Å². The molecule has 1 amide bonds. The second-order valence-corrected chi connectivity index (χ2v) is 4.91. The van der Waals surface area contributed by atoms with Crippen molar-refractivity contribution in [3.05, 3.63) is 0 Å². The molecule has 0 bridgehead atoms. The topological polar surface area (TPSA) is 41.6 Å². The highest BCUT2D eigenvalue weighted by Crippen LogP contribution is 2.19. The average molecular weight is 226 g/mol. The van der Waals surface area contributed by atoms with Crippen LogP contribution in [0.1, 0.15) is 33.1 Å². The molecule has 0 spiro atoms. The van der Waals surface area contributed by atoms with Gasteiger partial charge in [0, 0.05) is 12.6 Å². The largest absolute Gasteiger partial charge is 0.375 e. The predicted octanol–water partition coefficient (Wildman–Crippen LogP) is 0.764. The Labute approximate surface area is 97.3 Å². The number of amides is 1. The fourth-order valence-corrected chi connectivity index (χ4v) is 2.11. The lowest BCUT2D eigenvalue weighted by Gasteiger charge is -2.38. The first-order valence-electron chi connectivity index (χ1n) is 6.35. The molecule has 2 aliphatic rings. The van der Waals surface area contributed by atoms with Gasteiger partial charge in [-0.05, 0) is 26.2 Å². The SMILES string of the molecule is CCC1COC(C)CN1C(=O)CNC1CC1. The minimum atomic E-state index is 0.174. The monoisotopic (exact) mass is 226 g/mol. The minimum Gasteiger partial charge on any atom is -0.375 e. The van der Waals surface area contributed by atoms with Gasteiger partial charge in [-0.3, -0.25) is 4.79 Å². The Bertz CT molecular complexity index is 253. The highest BCUT2D eigenvalue weighted by atomic mass is 16.5. The van der Waals surface area contributed by atoms with Gasteiger partial charge in [0.25, 0.3) is 0 Å². The molecule has 4 nitrogen and oxygen atoms in total. The number of hydrogen-bond donors (Lipinski definition) is 1. The first-order chi connectivity index (χ1) is 7.70. The van der Waals surface area contributed by atoms with E-state index in [1.54, 1.807) is 0 Å². The van der Waals surface area contributed by atoms with E-state index in [4.69, 9.17) is 4.74 Å². The molecule has 1 saturated heterocycles. The van der Waals surface area contributed by atoms with Crippen LogP contribution in [0, 0.1) is 0 Å². The average Bonchev–Trinajstić information content (AvgIpc) is 3.09. The van der Waals surface area contributed by atoms with E-state index in [0.717, 1.165) is 13.0 Å². The van der Waals surface area contributed by atoms with Gasteiger partial charge in [-0.2, -0.15) is 0 Å². The number of hydrogen-bond acceptors (Lipinski definition) is 3. The Morgan fingerprint density at radius 1 is 1.50 bits per heavy atom. The van der Waals surface area contributed by atoms with Crippen molar-refractivity contribution in [1.29, 1.82) is 0 Å². The smallest absolute Gasteiger partial charge is 0.236 e. The van der Waals surface area contributed by atoms with Crippen molar-refractivity contribution in [3.63, 3.8) is 0 Å². The van der Waals surface area contributed by atoms with Gasteiger partial charge in [0.05, 0.1) is 25.3 Å². The molecule has 0 aromatic heterocycles. The van der Waals surface area contributed by atoms with Crippen molar-refractivity contribution in [2.75, 3.05) is 19.7 Å². The van der Waals surface area contributed by atoms with E-state index in [-0.39, 0.29) is 18.1 Å². The molecule has 0 radical (unpaired) electrons. The summed E-state index contributed by atoms with van der Waals surface area (Å²) in [7, 11) is 0. The zero-order valence-electron chi connectivity index (χ0n) is 10.2. The van der Waals surface area contributed by atoms with Crippen LogP contribution < -0.4 is 5.32 Å². The molecule has 2 fully saturated rings. The highest BCUT2D eigenvalue weighted by Gasteiger charge is 2.30. The summed E-state index contributed by atoms with van der Waals surface area (Å²) in [5.41, 5.74) is 0. The molecule has 2 atom stereocenters. The molecular weight excluding hydrogens is 204 g/mol. The second-order valence-electron chi connectivity index (χ2n) is 4.91. The maximum atomic E-state index is 12.1. The van der Waals surface area contributed by atoms with Gasteiger partial charge in [-0.1, -0.05) is 6.92 Å². The summed E-state index contributed by atoms with van der Waals surface area (Å²) in [6.45, 7) is 6.06. The molecule has 1 aliphatic carbocycles. The summed E-state index contributed by atoms with van der Waals surface area (Å²) in [6, 6.07) is 0.868. The normalized spacial score (nSPS) is 30.5. The van der Waals surface area contributed by atoms with Crippen LogP contribution in [-0.4, -0.2) is 48.7 Å². The van der Waals surface area contributed by atoms with E-state index in [0.29, 0.717) is 19.2 Å². The first-order valence-corrected chi connectivity index (χ1v) is 6.35. The molecule has 1 heterocycles. The molecule has 1 aliphatic heterocycles. The van der Waals surface area contributed by atoms with Crippen LogP contribution in [-0.2, 0) is 9.53 Å². The van der Waals surface area contributed by atoms with Gasteiger partial charge >= 0.3 is 0 Å². The lowest BCUT2D eigenvalue weighted by atomic mass is 10.1. The van der Waals surface area contributed by atoms with Crippen LogP contribution in [0.25, 0.3) is 0 Å². The number of carbonyl (C=O) groups excluding carboxylic acids is 1. The Morgan fingerprint density at radius 3 is 2.88 bits per heavy atom. The maximum Gasteiger partial charge on any atom is 0.236 e. The minimum absolute atomic E-state index is 0.174. The summed E-state index contributed by atoms with van der Waals surface area (Å²) in [6.07, 6.45) is 3.60. The van der Waals surface area contributed by atoms with Gasteiger partial charge in [0.1, 0.15) is 0 Å². The van der Waals surface area contributed by atoms with Gasteiger partial charge in [-0.25, -0.2) is 0 Å². The number of morpholine rings is 1. The van der Waals surface area contributed by atoms with Gasteiger partial charge in [0.15, 0.2) is 0 Å². The van der Waals surface area contributed by atoms with E-state index in [1.807, 2.05) is 11.8 Å². The van der Waals surface area contributed by atoms with Crippen molar-refractivity contribution in [1.82, 2.24) is 10.2 Å². The zero-order valence-corrected chi connectivity index (χ0v) is 10.2. The van der Waals surface area contributed by atoms with Crippen LogP contribution in [0.5, 0.6) is 0 Å². The van der Waals surface area contributed by atoms with Gasteiger partial charge in [-0.15, -0.1) is 0 Å². The van der Waals surface area contributed by atoms with E-state index >= 15 is 0 Å². The molecule has 2 unspecified atom stereocenters. The first kappa shape index (κ1) is 11.9. The molecule has 0 aromatic carbocycles. The molecule has 1 saturated carbocycles. The van der Waals surface area contributed by atoms with Crippen molar-refractivity contribution in [3.8, 4) is 0 Å². The van der Waals surface area contributed by atoms with Gasteiger partial charge in [0.2, 0.25) is 5.91 Å². The molecule has 4 heteroatoms. The van der Waals surface area contributed by atoms with Crippen LogP contribution in [0.15, 0.2) is 0 Å². The van der Waals surface area contributed by atoms with Crippen molar-refractivity contribution in [2.24, 2.45) is 0 Å². The van der Waals surface area contributed by atoms with Crippen molar-refractivity contribution >= 4 is 5.91 Å². The fourth-order valence-electron chi connectivity index (χ4n) is 2.11. The van der Waals surface area contributed by atoms with Crippen molar-refractivity contribution < 1.29 is 9.53 Å². The molecular formula is C12H22N2O2. The fraction of sp³-hybridized carbons (Fsp3) is 0.917. The lowest BCUT2D eigenvalue weighted by molar-refractivity contribution is -0.143. The Kier molecular flexibility index (Phi) is 3.82. The molecule has 2 rings (SSSR count). The summed E-state index contributed by atoms with van der Waals surface area (Å²) in [4.78, 5) is 14.0. The molecule has 16 heavy (non-hydrogen) atoms. The van der Waals surface area contributed by atoms with E-state index in [1.165, 1.54) is 12.8 Å². The highest BCUT2D eigenvalue weighted by molar-refractivity contribution is 5.78. The summed E-state index contributed by atoms with van der Waals surface area (Å²) in [5, 5.41) is 3.28. The third kappa shape index (κ3) is 2.95. The number of ether oxygens (including phenoxy) is 1. The number of carbonyl (C=O) groups is 1. The molecule has 92 valence electrons. The Morgan fingerprint density at radius 2 is 2.25 bits per heavy atom. The second kappa shape index (κ2) is 5.15. The van der Waals surface area contributed by atoms with Crippen LogP contribution >= 0.6 is 0 Å². The third-order valence-electron chi connectivity index (χ3n) is 3.38. The Hall–Kier alpha value is -0.610.